The molecule has 0 aliphatic carbocycles. The fourth-order valence-electron chi connectivity index (χ4n) is 1.08. The predicted octanol–water partition coefficient (Wildman–Crippen LogP) is 2.41. The van der Waals surface area contributed by atoms with Gasteiger partial charge >= 0.3 is 0 Å². The normalized spacial score (nSPS) is 9.75. The Balaban J connectivity index is 0.000000720. The smallest absolute Gasteiger partial charge is 0.116 e. The number of benzene rings is 1. The zero-order valence-corrected chi connectivity index (χ0v) is 8.03. The highest BCUT2D eigenvalue weighted by Gasteiger charge is 1.97. The Labute approximate surface area is 82.2 Å². The summed E-state index contributed by atoms with van der Waals surface area (Å²) in [5.41, 5.74) is 2.09. The highest BCUT2D eigenvalue weighted by molar-refractivity contribution is 7.79. The van der Waals surface area contributed by atoms with E-state index < -0.39 is 0 Å². The van der Waals surface area contributed by atoms with E-state index in [2.05, 4.69) is 22.6 Å². The topological polar surface area (TPSA) is 28.7 Å². The molecule has 12 heavy (non-hydrogen) atoms. The van der Waals surface area contributed by atoms with Gasteiger partial charge in [-0.25, -0.2) is 4.98 Å². The predicted molar refractivity (Wildman–Crippen MR) is 56.0 cm³/mol. The fraction of sp³-hybridized carbons (Fsp3) is 0.125. The van der Waals surface area contributed by atoms with Gasteiger partial charge in [-0.3, -0.25) is 0 Å². The Morgan fingerprint density at radius 1 is 1.33 bits per heavy atom. The number of fused-ring (bicyclic) bond motifs is 1. The second-order valence-corrected chi connectivity index (χ2v) is 2.67. The molecule has 1 aromatic carbocycles. The molecule has 1 heterocycles. The number of aromatic nitrogens is 2. The van der Waals surface area contributed by atoms with Crippen LogP contribution in [-0.2, 0) is 5.75 Å². The van der Waals surface area contributed by atoms with Gasteiger partial charge in [0, 0.05) is 5.75 Å². The molecule has 0 saturated heterocycles. The third-order valence-corrected chi connectivity index (χ3v) is 1.89. The highest BCUT2D eigenvalue weighted by Crippen LogP contribution is 2.10. The molecular formula is C8H9ClN2S. The van der Waals surface area contributed by atoms with Crippen molar-refractivity contribution in [3.8, 4) is 0 Å². The summed E-state index contributed by atoms with van der Waals surface area (Å²) in [6.07, 6.45) is 0. The lowest BCUT2D eigenvalue weighted by Crippen LogP contribution is -1.77. The molecule has 0 unspecified atom stereocenters. The number of rotatable bonds is 1. The third kappa shape index (κ3) is 1.57. The molecule has 0 saturated carbocycles. The van der Waals surface area contributed by atoms with E-state index in [0.717, 1.165) is 16.9 Å². The number of aromatic amines is 1. The van der Waals surface area contributed by atoms with Crippen molar-refractivity contribution >= 4 is 36.1 Å². The van der Waals surface area contributed by atoms with Crippen LogP contribution in [0.5, 0.6) is 0 Å². The van der Waals surface area contributed by atoms with Gasteiger partial charge in [0.2, 0.25) is 0 Å². The second kappa shape index (κ2) is 3.83. The van der Waals surface area contributed by atoms with Gasteiger partial charge in [0.1, 0.15) is 5.82 Å². The zero-order chi connectivity index (χ0) is 7.68. The first-order chi connectivity index (χ1) is 5.40. The summed E-state index contributed by atoms with van der Waals surface area (Å²) >= 11 is 4.13. The molecule has 2 aromatic rings. The first-order valence-corrected chi connectivity index (χ1v) is 4.08. The molecule has 0 radical (unpaired) electrons. The van der Waals surface area contributed by atoms with E-state index >= 15 is 0 Å². The quantitative estimate of drug-likeness (QED) is 0.681. The molecule has 0 amide bonds. The lowest BCUT2D eigenvalue weighted by atomic mass is 10.3. The van der Waals surface area contributed by atoms with E-state index in [9.17, 15) is 0 Å². The van der Waals surface area contributed by atoms with Crippen LogP contribution in [0.25, 0.3) is 11.0 Å². The maximum Gasteiger partial charge on any atom is 0.116 e. The summed E-state index contributed by atoms with van der Waals surface area (Å²) in [7, 11) is 0. The number of nitrogens with one attached hydrogen (secondary N) is 1. The van der Waals surface area contributed by atoms with Gasteiger partial charge in [-0.15, -0.1) is 12.4 Å². The van der Waals surface area contributed by atoms with Crippen molar-refractivity contribution in [2.45, 2.75) is 5.75 Å². The summed E-state index contributed by atoms with van der Waals surface area (Å²) in [6, 6.07) is 7.96. The second-order valence-electron chi connectivity index (χ2n) is 2.36. The lowest BCUT2D eigenvalue weighted by molar-refractivity contribution is 1.15. The molecule has 0 spiro atoms. The van der Waals surface area contributed by atoms with Gasteiger partial charge in [0.25, 0.3) is 0 Å². The Hall–Kier alpha value is -0.670. The number of H-pyrrole nitrogens is 1. The molecule has 0 fully saturated rings. The Morgan fingerprint density at radius 3 is 2.75 bits per heavy atom. The van der Waals surface area contributed by atoms with Crippen LogP contribution < -0.4 is 0 Å². The maximum atomic E-state index is 4.30. The molecule has 64 valence electrons. The van der Waals surface area contributed by atoms with Gasteiger partial charge < -0.3 is 4.98 Å². The highest BCUT2D eigenvalue weighted by atomic mass is 35.5. The van der Waals surface area contributed by atoms with Crippen molar-refractivity contribution in [3.63, 3.8) is 0 Å². The fourth-order valence-corrected chi connectivity index (χ4v) is 1.23. The first-order valence-electron chi connectivity index (χ1n) is 3.44. The molecule has 1 aromatic heterocycles. The number of thiol groups is 1. The largest absolute Gasteiger partial charge is 0.341 e. The first kappa shape index (κ1) is 9.42. The third-order valence-electron chi connectivity index (χ3n) is 1.59. The van der Waals surface area contributed by atoms with Crippen LogP contribution in [-0.4, -0.2) is 9.97 Å². The van der Waals surface area contributed by atoms with E-state index in [1.54, 1.807) is 0 Å². The van der Waals surface area contributed by atoms with Crippen LogP contribution in [0, 0.1) is 0 Å². The molecular weight excluding hydrogens is 192 g/mol. The number of imidazole rings is 1. The van der Waals surface area contributed by atoms with Crippen molar-refractivity contribution < 1.29 is 0 Å². The molecule has 0 aliphatic rings. The van der Waals surface area contributed by atoms with E-state index in [0.29, 0.717) is 5.75 Å². The molecule has 2 nitrogen and oxygen atoms in total. The summed E-state index contributed by atoms with van der Waals surface area (Å²) in [4.78, 5) is 7.46. The van der Waals surface area contributed by atoms with E-state index in [-0.39, 0.29) is 12.4 Å². The van der Waals surface area contributed by atoms with Crippen molar-refractivity contribution in [2.24, 2.45) is 0 Å². The summed E-state index contributed by atoms with van der Waals surface area (Å²) in [5, 5.41) is 0. The Morgan fingerprint density at radius 2 is 2.08 bits per heavy atom. The van der Waals surface area contributed by atoms with Gasteiger partial charge in [0.15, 0.2) is 0 Å². The Bertz CT molecular complexity index is 339. The van der Waals surface area contributed by atoms with E-state index in [1.165, 1.54) is 0 Å². The number of hydrogen-bond donors (Lipinski definition) is 2. The van der Waals surface area contributed by atoms with Crippen molar-refractivity contribution in [2.75, 3.05) is 0 Å². The van der Waals surface area contributed by atoms with Gasteiger partial charge in [-0.05, 0) is 12.1 Å². The van der Waals surface area contributed by atoms with Crippen LogP contribution in [0.15, 0.2) is 24.3 Å². The standard InChI is InChI=1S/C8H8N2S.ClH/c11-5-8-9-6-3-1-2-4-7(6)10-8;/h1-4,11H,5H2,(H,9,10);1H. The van der Waals surface area contributed by atoms with Crippen molar-refractivity contribution in [1.82, 2.24) is 9.97 Å². The van der Waals surface area contributed by atoms with Crippen LogP contribution in [0.1, 0.15) is 5.82 Å². The molecule has 4 heteroatoms. The van der Waals surface area contributed by atoms with Crippen molar-refractivity contribution in [1.29, 1.82) is 0 Å². The van der Waals surface area contributed by atoms with Crippen molar-refractivity contribution in [3.05, 3.63) is 30.1 Å². The molecule has 0 atom stereocenters. The van der Waals surface area contributed by atoms with E-state index in [1.807, 2.05) is 24.3 Å². The Kier molecular flexibility index (Phi) is 3.00. The molecule has 2 rings (SSSR count). The summed E-state index contributed by atoms with van der Waals surface area (Å²) < 4.78 is 0. The average Bonchev–Trinajstić information content (AvgIpc) is 2.46. The molecule has 0 aliphatic heterocycles. The van der Waals surface area contributed by atoms with Gasteiger partial charge in [0.05, 0.1) is 11.0 Å². The molecule has 0 bridgehead atoms. The van der Waals surface area contributed by atoms with Crippen LogP contribution in [0.3, 0.4) is 0 Å². The van der Waals surface area contributed by atoms with Crippen LogP contribution in [0.2, 0.25) is 0 Å². The number of nitrogens with zero attached hydrogens (tertiary/aromatic N) is 1. The van der Waals surface area contributed by atoms with Crippen LogP contribution in [0.4, 0.5) is 0 Å². The summed E-state index contributed by atoms with van der Waals surface area (Å²) in [6.45, 7) is 0. The minimum Gasteiger partial charge on any atom is -0.341 e. The zero-order valence-electron chi connectivity index (χ0n) is 6.32. The average molecular weight is 201 g/mol. The molecule has 1 N–H and O–H groups in total. The van der Waals surface area contributed by atoms with Gasteiger partial charge in [-0.2, -0.15) is 12.6 Å². The lowest BCUT2D eigenvalue weighted by Gasteiger charge is -1.81. The van der Waals surface area contributed by atoms with Gasteiger partial charge in [-0.1, -0.05) is 12.1 Å². The van der Waals surface area contributed by atoms with E-state index in [4.69, 9.17) is 0 Å². The SMILES string of the molecule is Cl.SCc1nc2ccccc2[nH]1. The number of halogens is 1. The minimum absolute atomic E-state index is 0. The maximum absolute atomic E-state index is 4.30. The number of para-hydroxylation sites is 2. The van der Waals surface area contributed by atoms with Crippen LogP contribution >= 0.6 is 25.0 Å². The number of hydrogen-bond acceptors (Lipinski definition) is 2. The monoisotopic (exact) mass is 200 g/mol. The summed E-state index contributed by atoms with van der Waals surface area (Å²) in [5.74, 6) is 1.59. The minimum atomic E-state index is 0.